The molecule has 1 heterocycles. The van der Waals surface area contributed by atoms with Crippen molar-refractivity contribution < 1.29 is 0 Å². The number of halogens is 1. The van der Waals surface area contributed by atoms with Crippen LogP contribution in [0.4, 0.5) is 0 Å². The normalized spacial score (nSPS) is 11.4. The first-order chi connectivity index (χ1) is 7.60. The summed E-state index contributed by atoms with van der Waals surface area (Å²) in [5.74, 6) is 0. The molecule has 0 atom stereocenters. The minimum atomic E-state index is -1.56. The molecule has 0 unspecified atom stereocenters. The van der Waals surface area contributed by atoms with Crippen LogP contribution in [0.25, 0.3) is 0 Å². The Morgan fingerprint density at radius 2 is 1.62 bits per heavy atom. The second kappa shape index (κ2) is 4.51. The first-order valence-electron chi connectivity index (χ1n) is 5.28. The van der Waals surface area contributed by atoms with Gasteiger partial charge in [-0.1, -0.05) is 54.7 Å². The Morgan fingerprint density at radius 3 is 2.19 bits per heavy atom. The topological polar surface area (TPSA) is 12.9 Å². The summed E-state index contributed by atoms with van der Waals surface area (Å²) in [6.07, 6.45) is 1.99. The van der Waals surface area contributed by atoms with Crippen LogP contribution in [0.5, 0.6) is 0 Å². The highest BCUT2D eigenvalue weighted by Crippen LogP contribution is 2.07. The SMILES string of the molecule is C[Si](C)(c1ccccc1)c1ccc(Br)nc1. The van der Waals surface area contributed by atoms with Gasteiger partial charge in [0.1, 0.15) is 12.7 Å². The van der Waals surface area contributed by atoms with Crippen LogP contribution in [0.2, 0.25) is 13.1 Å². The van der Waals surface area contributed by atoms with Crippen LogP contribution in [0, 0.1) is 0 Å². The number of hydrogen-bond donors (Lipinski definition) is 0. The van der Waals surface area contributed by atoms with Crippen molar-refractivity contribution in [2.24, 2.45) is 0 Å². The fraction of sp³-hybridized carbons (Fsp3) is 0.154. The molecule has 0 N–H and O–H groups in total. The van der Waals surface area contributed by atoms with Crippen molar-refractivity contribution in [2.45, 2.75) is 13.1 Å². The molecule has 0 amide bonds. The lowest BCUT2D eigenvalue weighted by atomic mass is 10.4. The highest BCUT2D eigenvalue weighted by atomic mass is 79.9. The van der Waals surface area contributed by atoms with Crippen LogP contribution in [0.15, 0.2) is 53.3 Å². The van der Waals surface area contributed by atoms with E-state index in [1.165, 1.54) is 10.4 Å². The molecular formula is C13H14BrNSi. The standard InChI is InChI=1S/C13H14BrNSi/c1-16(2,11-6-4-3-5-7-11)12-8-9-13(14)15-10-12/h3-10H,1-2H3. The van der Waals surface area contributed by atoms with E-state index in [-0.39, 0.29) is 0 Å². The van der Waals surface area contributed by atoms with Crippen LogP contribution in [-0.2, 0) is 0 Å². The van der Waals surface area contributed by atoms with E-state index in [1.54, 1.807) is 0 Å². The lowest BCUT2D eigenvalue weighted by Crippen LogP contribution is -2.52. The van der Waals surface area contributed by atoms with E-state index in [2.05, 4.69) is 70.4 Å². The molecule has 1 nitrogen and oxygen atoms in total. The lowest BCUT2D eigenvalue weighted by molar-refractivity contribution is 1.29. The zero-order valence-corrected chi connectivity index (χ0v) is 12.0. The molecule has 0 bridgehead atoms. The summed E-state index contributed by atoms with van der Waals surface area (Å²) in [5, 5.41) is 2.81. The van der Waals surface area contributed by atoms with Gasteiger partial charge in [-0.2, -0.15) is 0 Å². The summed E-state index contributed by atoms with van der Waals surface area (Å²) in [6.45, 7) is 4.71. The Kier molecular flexibility index (Phi) is 3.26. The number of hydrogen-bond acceptors (Lipinski definition) is 1. The molecule has 82 valence electrons. The van der Waals surface area contributed by atoms with Crippen LogP contribution < -0.4 is 10.4 Å². The van der Waals surface area contributed by atoms with E-state index in [0.717, 1.165) is 4.60 Å². The van der Waals surface area contributed by atoms with Crippen LogP contribution in [-0.4, -0.2) is 13.1 Å². The van der Waals surface area contributed by atoms with E-state index < -0.39 is 8.07 Å². The van der Waals surface area contributed by atoms with Gasteiger partial charge in [-0.15, -0.1) is 0 Å². The van der Waals surface area contributed by atoms with Crippen molar-refractivity contribution >= 4 is 34.4 Å². The Bertz CT molecular complexity index is 465. The highest BCUT2D eigenvalue weighted by Gasteiger charge is 2.25. The predicted molar refractivity (Wildman–Crippen MR) is 75.1 cm³/mol. The van der Waals surface area contributed by atoms with Crippen LogP contribution >= 0.6 is 15.9 Å². The molecule has 3 heteroatoms. The molecule has 0 spiro atoms. The summed E-state index contributed by atoms with van der Waals surface area (Å²) in [7, 11) is -1.56. The summed E-state index contributed by atoms with van der Waals surface area (Å²) < 4.78 is 0.897. The van der Waals surface area contributed by atoms with Crippen LogP contribution in [0.3, 0.4) is 0 Å². The molecule has 0 saturated carbocycles. The Hall–Kier alpha value is -0.933. The molecule has 2 aromatic rings. The monoisotopic (exact) mass is 291 g/mol. The maximum atomic E-state index is 4.32. The Morgan fingerprint density at radius 1 is 0.938 bits per heavy atom. The quantitative estimate of drug-likeness (QED) is 0.612. The molecule has 0 radical (unpaired) electrons. The molecule has 0 fully saturated rings. The van der Waals surface area contributed by atoms with Crippen LogP contribution in [0.1, 0.15) is 0 Å². The van der Waals surface area contributed by atoms with Gasteiger partial charge in [0.15, 0.2) is 0 Å². The van der Waals surface area contributed by atoms with Gasteiger partial charge in [0.25, 0.3) is 0 Å². The highest BCUT2D eigenvalue weighted by molar-refractivity contribution is 9.10. The van der Waals surface area contributed by atoms with Gasteiger partial charge in [0.05, 0.1) is 0 Å². The van der Waals surface area contributed by atoms with E-state index in [0.29, 0.717) is 0 Å². The number of aromatic nitrogens is 1. The molecule has 0 aliphatic heterocycles. The zero-order chi connectivity index (χ0) is 11.6. The minimum absolute atomic E-state index is 0.897. The third-order valence-electron chi connectivity index (χ3n) is 2.94. The summed E-state index contributed by atoms with van der Waals surface area (Å²) in [5.41, 5.74) is 0. The van der Waals surface area contributed by atoms with Gasteiger partial charge in [-0.3, -0.25) is 0 Å². The maximum Gasteiger partial charge on any atom is 0.114 e. The van der Waals surface area contributed by atoms with Gasteiger partial charge in [-0.05, 0) is 27.2 Å². The molecule has 0 aliphatic carbocycles. The first kappa shape index (κ1) is 11.5. The summed E-state index contributed by atoms with van der Waals surface area (Å²) >= 11 is 3.37. The molecule has 1 aromatic carbocycles. The maximum absolute atomic E-state index is 4.32. The van der Waals surface area contributed by atoms with Crippen molar-refractivity contribution in [3.8, 4) is 0 Å². The average molecular weight is 292 g/mol. The van der Waals surface area contributed by atoms with E-state index >= 15 is 0 Å². The third-order valence-corrected chi connectivity index (χ3v) is 6.93. The van der Waals surface area contributed by atoms with Gasteiger partial charge < -0.3 is 0 Å². The Balaban J connectivity index is 2.43. The Labute approximate surface area is 106 Å². The fourth-order valence-corrected chi connectivity index (χ4v) is 4.25. The van der Waals surface area contributed by atoms with E-state index in [1.807, 2.05) is 12.3 Å². The van der Waals surface area contributed by atoms with Crippen molar-refractivity contribution in [1.82, 2.24) is 4.98 Å². The van der Waals surface area contributed by atoms with E-state index in [9.17, 15) is 0 Å². The first-order valence-corrected chi connectivity index (χ1v) is 9.07. The lowest BCUT2D eigenvalue weighted by Gasteiger charge is -2.23. The van der Waals surface area contributed by atoms with E-state index in [4.69, 9.17) is 0 Å². The van der Waals surface area contributed by atoms with Gasteiger partial charge >= 0.3 is 0 Å². The second-order valence-corrected chi connectivity index (χ2v) is 9.58. The second-order valence-electron chi connectivity index (χ2n) is 4.36. The molecule has 0 aliphatic rings. The van der Waals surface area contributed by atoms with Crippen molar-refractivity contribution in [1.29, 1.82) is 0 Å². The minimum Gasteiger partial charge on any atom is -0.249 e. The number of benzene rings is 1. The van der Waals surface area contributed by atoms with Gasteiger partial charge in [-0.25, -0.2) is 4.98 Å². The molecule has 2 rings (SSSR count). The number of pyridine rings is 1. The van der Waals surface area contributed by atoms with Crippen molar-refractivity contribution in [3.63, 3.8) is 0 Å². The molecule has 0 saturated heterocycles. The predicted octanol–water partition coefficient (Wildman–Crippen LogP) is 2.67. The number of rotatable bonds is 2. The molecule has 1 aromatic heterocycles. The number of nitrogens with zero attached hydrogens (tertiary/aromatic N) is 1. The zero-order valence-electron chi connectivity index (χ0n) is 9.44. The summed E-state index contributed by atoms with van der Waals surface area (Å²) in [6, 6.07) is 14.9. The smallest absolute Gasteiger partial charge is 0.114 e. The van der Waals surface area contributed by atoms with Gasteiger partial charge in [0, 0.05) is 6.20 Å². The average Bonchev–Trinajstić information content (AvgIpc) is 2.31. The third kappa shape index (κ3) is 2.25. The molecular weight excluding hydrogens is 278 g/mol. The van der Waals surface area contributed by atoms with Crippen molar-refractivity contribution in [2.75, 3.05) is 0 Å². The van der Waals surface area contributed by atoms with Gasteiger partial charge in [0.2, 0.25) is 0 Å². The summed E-state index contributed by atoms with van der Waals surface area (Å²) in [4.78, 5) is 4.32. The van der Waals surface area contributed by atoms with Crippen molar-refractivity contribution in [3.05, 3.63) is 53.3 Å². The largest absolute Gasteiger partial charge is 0.249 e. The fourth-order valence-electron chi connectivity index (χ4n) is 1.77. The molecule has 16 heavy (non-hydrogen) atoms.